The average Bonchev–Trinajstić information content (AvgIpc) is 2.79. The van der Waals surface area contributed by atoms with Gasteiger partial charge in [-0.1, -0.05) is 0 Å². The van der Waals surface area contributed by atoms with E-state index in [9.17, 15) is 4.79 Å². The summed E-state index contributed by atoms with van der Waals surface area (Å²) in [7, 11) is 1.67. The van der Waals surface area contributed by atoms with Crippen LogP contribution in [-0.4, -0.2) is 63.9 Å². The Morgan fingerprint density at radius 1 is 1.00 bits per heavy atom. The molecule has 0 aliphatic carbocycles. The van der Waals surface area contributed by atoms with Crippen molar-refractivity contribution in [2.75, 3.05) is 63.3 Å². The minimum atomic E-state index is 0.185. The van der Waals surface area contributed by atoms with Gasteiger partial charge in [0.1, 0.15) is 19.0 Å². The predicted molar refractivity (Wildman–Crippen MR) is 112 cm³/mol. The van der Waals surface area contributed by atoms with Gasteiger partial charge < -0.3 is 29.3 Å². The Bertz CT molecular complexity index is 832. The van der Waals surface area contributed by atoms with E-state index in [0.29, 0.717) is 26.2 Å². The number of rotatable bonds is 6. The number of anilines is 2. The summed E-state index contributed by atoms with van der Waals surface area (Å²) in [6.45, 7) is 4.92. The molecule has 1 amide bonds. The van der Waals surface area contributed by atoms with E-state index in [4.69, 9.17) is 14.2 Å². The number of nitrogens with one attached hydrogen (secondary N) is 1. The van der Waals surface area contributed by atoms with E-state index in [1.807, 2.05) is 35.2 Å². The molecule has 4 rings (SSSR count). The summed E-state index contributed by atoms with van der Waals surface area (Å²) in [6.07, 6.45) is 0.469. The van der Waals surface area contributed by atoms with Gasteiger partial charge in [0.2, 0.25) is 5.91 Å². The van der Waals surface area contributed by atoms with Gasteiger partial charge in [-0.15, -0.1) is 0 Å². The van der Waals surface area contributed by atoms with E-state index in [1.54, 1.807) is 7.11 Å². The van der Waals surface area contributed by atoms with Crippen molar-refractivity contribution in [2.24, 2.45) is 0 Å². The third-order valence-corrected chi connectivity index (χ3v) is 5.28. The number of hydrogen-bond donors (Lipinski definition) is 1. The van der Waals surface area contributed by atoms with Crippen molar-refractivity contribution >= 4 is 17.3 Å². The van der Waals surface area contributed by atoms with Crippen molar-refractivity contribution in [3.05, 3.63) is 42.5 Å². The molecule has 0 radical (unpaired) electrons. The summed E-state index contributed by atoms with van der Waals surface area (Å²) in [5, 5.41) is 3.30. The van der Waals surface area contributed by atoms with E-state index in [0.717, 1.165) is 54.8 Å². The van der Waals surface area contributed by atoms with Crippen LogP contribution in [-0.2, 0) is 4.79 Å². The molecule has 2 aromatic carbocycles. The molecular formula is C22H27N3O4. The molecule has 7 heteroatoms. The third kappa shape index (κ3) is 4.67. The van der Waals surface area contributed by atoms with Crippen LogP contribution in [0.5, 0.6) is 17.2 Å². The molecule has 0 unspecified atom stereocenters. The minimum Gasteiger partial charge on any atom is -0.497 e. The van der Waals surface area contributed by atoms with E-state index >= 15 is 0 Å². The first-order valence-electron chi connectivity index (χ1n) is 10.0. The highest BCUT2D eigenvalue weighted by atomic mass is 16.6. The number of fused-ring (bicyclic) bond motifs is 1. The van der Waals surface area contributed by atoms with Crippen LogP contribution in [0.3, 0.4) is 0 Å². The highest BCUT2D eigenvalue weighted by Crippen LogP contribution is 2.32. The number of carbonyl (C=O) groups is 1. The number of methoxy groups -OCH3 is 1. The lowest BCUT2D eigenvalue weighted by Crippen LogP contribution is -2.49. The summed E-state index contributed by atoms with van der Waals surface area (Å²) in [6, 6.07) is 13.8. The molecule has 2 aliphatic rings. The van der Waals surface area contributed by atoms with Gasteiger partial charge in [-0.3, -0.25) is 4.79 Å². The van der Waals surface area contributed by atoms with E-state index in [2.05, 4.69) is 22.3 Å². The minimum absolute atomic E-state index is 0.185. The predicted octanol–water partition coefficient (Wildman–Crippen LogP) is 2.62. The maximum absolute atomic E-state index is 12.6. The smallest absolute Gasteiger partial charge is 0.224 e. The summed E-state index contributed by atoms with van der Waals surface area (Å²) < 4.78 is 16.3. The van der Waals surface area contributed by atoms with Gasteiger partial charge in [-0.25, -0.2) is 0 Å². The number of hydrogen-bond acceptors (Lipinski definition) is 6. The Labute approximate surface area is 171 Å². The van der Waals surface area contributed by atoms with Gasteiger partial charge in [-0.2, -0.15) is 0 Å². The van der Waals surface area contributed by atoms with Gasteiger partial charge in [0, 0.05) is 56.6 Å². The maximum atomic E-state index is 12.6. The van der Waals surface area contributed by atoms with Crippen molar-refractivity contribution in [3.63, 3.8) is 0 Å². The van der Waals surface area contributed by atoms with E-state index in [1.165, 1.54) is 0 Å². The van der Waals surface area contributed by atoms with Crippen LogP contribution in [0.25, 0.3) is 0 Å². The summed E-state index contributed by atoms with van der Waals surface area (Å²) in [5.74, 6) is 2.56. The molecular weight excluding hydrogens is 370 g/mol. The van der Waals surface area contributed by atoms with Crippen LogP contribution in [0.2, 0.25) is 0 Å². The third-order valence-electron chi connectivity index (χ3n) is 5.28. The van der Waals surface area contributed by atoms with Gasteiger partial charge in [0.05, 0.1) is 7.11 Å². The van der Waals surface area contributed by atoms with E-state index in [-0.39, 0.29) is 5.91 Å². The van der Waals surface area contributed by atoms with Crippen molar-refractivity contribution in [3.8, 4) is 17.2 Å². The monoisotopic (exact) mass is 397 g/mol. The van der Waals surface area contributed by atoms with E-state index < -0.39 is 0 Å². The number of carbonyl (C=O) groups excluding carboxylic acids is 1. The molecule has 7 nitrogen and oxygen atoms in total. The SMILES string of the molecule is COc1ccc(N2CCN(C(=O)CCNc3ccc4c(c3)OCCO4)CC2)cc1. The first-order chi connectivity index (χ1) is 14.2. The topological polar surface area (TPSA) is 63.3 Å². The van der Waals surface area contributed by atoms with Crippen molar-refractivity contribution < 1.29 is 19.0 Å². The van der Waals surface area contributed by atoms with Crippen molar-refractivity contribution in [2.45, 2.75) is 6.42 Å². The second-order valence-corrected chi connectivity index (χ2v) is 7.10. The zero-order valence-electron chi connectivity index (χ0n) is 16.7. The Balaban J connectivity index is 1.21. The fraction of sp³-hybridized carbons (Fsp3) is 0.409. The Kier molecular flexibility index (Phi) is 5.93. The molecule has 0 atom stereocenters. The van der Waals surface area contributed by atoms with Crippen LogP contribution in [0.15, 0.2) is 42.5 Å². The lowest BCUT2D eigenvalue weighted by Gasteiger charge is -2.36. The zero-order valence-corrected chi connectivity index (χ0v) is 16.7. The Morgan fingerprint density at radius 3 is 2.45 bits per heavy atom. The van der Waals surface area contributed by atoms with Crippen LogP contribution < -0.4 is 24.4 Å². The standard InChI is InChI=1S/C22H27N3O4/c1-27-19-5-3-18(4-6-19)24-10-12-25(13-11-24)22(26)8-9-23-17-2-7-20-21(16-17)29-15-14-28-20/h2-7,16,23H,8-15H2,1H3. The maximum Gasteiger partial charge on any atom is 0.224 e. The molecule has 1 fully saturated rings. The summed E-state index contributed by atoms with van der Waals surface area (Å²) in [4.78, 5) is 16.8. The second kappa shape index (κ2) is 8.94. The highest BCUT2D eigenvalue weighted by molar-refractivity contribution is 5.77. The molecule has 0 saturated carbocycles. The molecule has 0 aromatic heterocycles. The van der Waals surface area contributed by atoms with Gasteiger partial charge in [-0.05, 0) is 36.4 Å². The molecule has 0 spiro atoms. The zero-order chi connectivity index (χ0) is 20.1. The van der Waals surface area contributed by atoms with Crippen molar-refractivity contribution in [1.29, 1.82) is 0 Å². The molecule has 2 aromatic rings. The van der Waals surface area contributed by atoms with Crippen LogP contribution in [0.4, 0.5) is 11.4 Å². The number of benzene rings is 2. The summed E-state index contributed by atoms with van der Waals surface area (Å²) in [5.41, 5.74) is 2.10. The molecule has 29 heavy (non-hydrogen) atoms. The van der Waals surface area contributed by atoms with Gasteiger partial charge in [0.15, 0.2) is 11.5 Å². The molecule has 1 saturated heterocycles. The molecule has 0 bridgehead atoms. The number of amides is 1. The highest BCUT2D eigenvalue weighted by Gasteiger charge is 2.21. The quantitative estimate of drug-likeness (QED) is 0.809. The lowest BCUT2D eigenvalue weighted by molar-refractivity contribution is -0.131. The Hall–Kier alpha value is -3.09. The van der Waals surface area contributed by atoms with Crippen molar-refractivity contribution in [1.82, 2.24) is 4.90 Å². The van der Waals surface area contributed by atoms with Gasteiger partial charge in [0.25, 0.3) is 0 Å². The normalized spacial score (nSPS) is 15.8. The molecule has 2 aliphatic heterocycles. The number of piperazine rings is 1. The molecule has 154 valence electrons. The second-order valence-electron chi connectivity index (χ2n) is 7.10. The average molecular weight is 397 g/mol. The van der Waals surface area contributed by atoms with Gasteiger partial charge >= 0.3 is 0 Å². The number of nitrogens with zero attached hydrogens (tertiary/aromatic N) is 2. The molecule has 1 N–H and O–H groups in total. The fourth-order valence-corrected chi connectivity index (χ4v) is 3.63. The largest absolute Gasteiger partial charge is 0.497 e. The van der Waals surface area contributed by atoms with Crippen LogP contribution >= 0.6 is 0 Å². The van der Waals surface area contributed by atoms with Crippen LogP contribution in [0.1, 0.15) is 6.42 Å². The lowest BCUT2D eigenvalue weighted by atomic mass is 10.2. The fourth-order valence-electron chi connectivity index (χ4n) is 3.63. The first-order valence-corrected chi connectivity index (χ1v) is 10.0. The summed E-state index contributed by atoms with van der Waals surface area (Å²) >= 11 is 0. The number of ether oxygens (including phenoxy) is 3. The first kappa shape index (κ1) is 19.2. The Morgan fingerprint density at radius 2 is 1.72 bits per heavy atom. The molecule has 2 heterocycles. The van der Waals surface area contributed by atoms with Crippen LogP contribution in [0, 0.1) is 0 Å².